The Morgan fingerprint density at radius 2 is 1.78 bits per heavy atom. The summed E-state index contributed by atoms with van der Waals surface area (Å²) in [5, 5.41) is 2.86. The lowest BCUT2D eigenvalue weighted by Gasteiger charge is -2.08. The molecule has 0 spiro atoms. The summed E-state index contributed by atoms with van der Waals surface area (Å²) >= 11 is 5.88. The van der Waals surface area contributed by atoms with Crippen molar-refractivity contribution in [3.63, 3.8) is 0 Å². The normalized spacial score (nSPS) is 10.7. The number of aromatic nitrogens is 1. The molecular weight excluding hydrogens is 244 g/mol. The molecule has 0 bridgehead atoms. The SMILES string of the molecule is Nc1cc(Cl)cnc1-c1cccc2ccccc12. The molecule has 3 rings (SSSR count). The summed E-state index contributed by atoms with van der Waals surface area (Å²) in [5.74, 6) is 0. The van der Waals surface area contributed by atoms with E-state index in [2.05, 4.69) is 23.2 Å². The van der Waals surface area contributed by atoms with E-state index in [4.69, 9.17) is 17.3 Å². The maximum Gasteiger partial charge on any atom is 0.0938 e. The van der Waals surface area contributed by atoms with E-state index in [1.165, 1.54) is 5.39 Å². The van der Waals surface area contributed by atoms with E-state index in [1.54, 1.807) is 12.3 Å². The first-order chi connectivity index (χ1) is 8.75. The number of nitrogen functional groups attached to an aromatic ring is 1. The first kappa shape index (κ1) is 11.1. The molecule has 0 aliphatic heterocycles. The van der Waals surface area contributed by atoms with Crippen molar-refractivity contribution in [1.82, 2.24) is 4.98 Å². The van der Waals surface area contributed by atoms with Crippen molar-refractivity contribution < 1.29 is 0 Å². The van der Waals surface area contributed by atoms with E-state index in [1.807, 2.05) is 24.3 Å². The third-order valence-electron chi connectivity index (χ3n) is 2.93. The molecule has 1 aromatic heterocycles. The molecule has 0 atom stereocenters. The van der Waals surface area contributed by atoms with Crippen LogP contribution in [0.15, 0.2) is 54.7 Å². The predicted molar refractivity (Wildman–Crippen MR) is 76.6 cm³/mol. The van der Waals surface area contributed by atoms with E-state index in [0.717, 1.165) is 16.6 Å². The number of hydrogen-bond acceptors (Lipinski definition) is 2. The average Bonchev–Trinajstić information content (AvgIpc) is 2.38. The Morgan fingerprint density at radius 1 is 1.00 bits per heavy atom. The van der Waals surface area contributed by atoms with Crippen LogP contribution >= 0.6 is 11.6 Å². The highest BCUT2D eigenvalue weighted by Gasteiger charge is 2.08. The number of nitrogens with zero attached hydrogens (tertiary/aromatic N) is 1. The standard InChI is InChI=1S/C15H11ClN2/c16-11-8-14(17)15(18-9-11)13-7-3-5-10-4-1-2-6-12(10)13/h1-9H,17H2. The van der Waals surface area contributed by atoms with Gasteiger partial charge in [-0.15, -0.1) is 0 Å². The molecule has 0 saturated carbocycles. The van der Waals surface area contributed by atoms with E-state index in [9.17, 15) is 0 Å². The second-order valence-electron chi connectivity index (χ2n) is 4.12. The molecule has 1 heterocycles. The van der Waals surface area contributed by atoms with E-state index in [-0.39, 0.29) is 0 Å². The molecule has 3 heteroatoms. The number of anilines is 1. The van der Waals surface area contributed by atoms with Crippen molar-refractivity contribution in [2.45, 2.75) is 0 Å². The zero-order valence-corrected chi connectivity index (χ0v) is 10.4. The highest BCUT2D eigenvalue weighted by atomic mass is 35.5. The van der Waals surface area contributed by atoms with Crippen LogP contribution in [-0.2, 0) is 0 Å². The number of rotatable bonds is 1. The molecule has 0 fully saturated rings. The van der Waals surface area contributed by atoms with Crippen molar-refractivity contribution in [1.29, 1.82) is 0 Å². The van der Waals surface area contributed by atoms with Gasteiger partial charge in [0, 0.05) is 11.8 Å². The van der Waals surface area contributed by atoms with Crippen molar-refractivity contribution in [2.24, 2.45) is 0 Å². The number of hydrogen-bond donors (Lipinski definition) is 1. The number of benzene rings is 2. The monoisotopic (exact) mass is 254 g/mol. The molecular formula is C15H11ClN2. The lowest BCUT2D eigenvalue weighted by molar-refractivity contribution is 1.33. The van der Waals surface area contributed by atoms with Crippen LogP contribution in [0.1, 0.15) is 0 Å². The third-order valence-corrected chi connectivity index (χ3v) is 3.14. The van der Waals surface area contributed by atoms with Gasteiger partial charge >= 0.3 is 0 Å². The van der Waals surface area contributed by atoms with Crippen molar-refractivity contribution in [2.75, 3.05) is 5.73 Å². The predicted octanol–water partition coefficient (Wildman–Crippen LogP) is 4.14. The molecule has 18 heavy (non-hydrogen) atoms. The number of pyridine rings is 1. The molecule has 0 aliphatic rings. The molecule has 0 unspecified atom stereocenters. The largest absolute Gasteiger partial charge is 0.397 e. The summed E-state index contributed by atoms with van der Waals surface area (Å²) in [7, 11) is 0. The van der Waals surface area contributed by atoms with Gasteiger partial charge in [-0.25, -0.2) is 0 Å². The molecule has 0 saturated heterocycles. The Hall–Kier alpha value is -2.06. The summed E-state index contributed by atoms with van der Waals surface area (Å²) in [6, 6.07) is 16.0. The zero-order valence-electron chi connectivity index (χ0n) is 9.60. The molecule has 2 aromatic carbocycles. The smallest absolute Gasteiger partial charge is 0.0938 e. The Kier molecular flexibility index (Phi) is 2.65. The zero-order chi connectivity index (χ0) is 12.5. The van der Waals surface area contributed by atoms with Gasteiger partial charge in [-0.05, 0) is 16.8 Å². The van der Waals surface area contributed by atoms with Crippen LogP contribution < -0.4 is 5.73 Å². The lowest BCUT2D eigenvalue weighted by atomic mass is 10.0. The van der Waals surface area contributed by atoms with Gasteiger partial charge in [0.05, 0.1) is 16.4 Å². The van der Waals surface area contributed by atoms with Gasteiger partial charge in [0.15, 0.2) is 0 Å². The second kappa shape index (κ2) is 4.31. The molecule has 88 valence electrons. The highest BCUT2D eigenvalue weighted by Crippen LogP contribution is 2.31. The highest BCUT2D eigenvalue weighted by molar-refractivity contribution is 6.30. The second-order valence-corrected chi connectivity index (χ2v) is 4.55. The van der Waals surface area contributed by atoms with E-state index in [0.29, 0.717) is 10.7 Å². The summed E-state index contributed by atoms with van der Waals surface area (Å²) < 4.78 is 0. The minimum Gasteiger partial charge on any atom is -0.397 e. The minimum atomic E-state index is 0.552. The topological polar surface area (TPSA) is 38.9 Å². The van der Waals surface area contributed by atoms with Crippen LogP contribution in [0.3, 0.4) is 0 Å². The molecule has 0 aliphatic carbocycles. The van der Waals surface area contributed by atoms with Crippen molar-refractivity contribution >= 4 is 28.1 Å². The summed E-state index contributed by atoms with van der Waals surface area (Å²) in [4.78, 5) is 4.34. The van der Waals surface area contributed by atoms with Gasteiger partial charge in [0.25, 0.3) is 0 Å². The van der Waals surface area contributed by atoms with E-state index >= 15 is 0 Å². The van der Waals surface area contributed by atoms with Crippen molar-refractivity contribution in [3.8, 4) is 11.3 Å². The Balaban J connectivity index is 2.31. The first-order valence-electron chi connectivity index (χ1n) is 5.65. The van der Waals surface area contributed by atoms with Crippen LogP contribution in [0.25, 0.3) is 22.0 Å². The maximum absolute atomic E-state index is 6.00. The van der Waals surface area contributed by atoms with Crippen LogP contribution in [0, 0.1) is 0 Å². The van der Waals surface area contributed by atoms with Gasteiger partial charge in [-0.1, -0.05) is 54.1 Å². The van der Waals surface area contributed by atoms with Crippen LogP contribution in [0.5, 0.6) is 0 Å². The fourth-order valence-electron chi connectivity index (χ4n) is 2.11. The maximum atomic E-state index is 6.00. The van der Waals surface area contributed by atoms with Gasteiger partial charge in [-0.2, -0.15) is 0 Å². The molecule has 0 radical (unpaired) electrons. The molecule has 0 amide bonds. The number of halogens is 1. The Bertz CT molecular complexity index is 717. The molecule has 2 nitrogen and oxygen atoms in total. The fourth-order valence-corrected chi connectivity index (χ4v) is 2.28. The number of nitrogens with two attached hydrogens (primary N) is 1. The van der Waals surface area contributed by atoms with Gasteiger partial charge in [0.1, 0.15) is 0 Å². The van der Waals surface area contributed by atoms with E-state index < -0.39 is 0 Å². The molecule has 2 N–H and O–H groups in total. The first-order valence-corrected chi connectivity index (χ1v) is 6.02. The Morgan fingerprint density at radius 3 is 2.61 bits per heavy atom. The quantitative estimate of drug-likeness (QED) is 0.709. The average molecular weight is 255 g/mol. The summed E-state index contributed by atoms with van der Waals surface area (Å²) in [6.07, 6.45) is 1.62. The number of fused-ring (bicyclic) bond motifs is 1. The van der Waals surface area contributed by atoms with Crippen molar-refractivity contribution in [3.05, 3.63) is 59.8 Å². The van der Waals surface area contributed by atoms with Crippen LogP contribution in [0.2, 0.25) is 5.02 Å². The van der Waals surface area contributed by atoms with Gasteiger partial charge in [-0.3, -0.25) is 4.98 Å². The fraction of sp³-hybridized carbons (Fsp3) is 0. The van der Waals surface area contributed by atoms with Gasteiger partial charge in [0.2, 0.25) is 0 Å². The lowest BCUT2D eigenvalue weighted by Crippen LogP contribution is -1.93. The summed E-state index contributed by atoms with van der Waals surface area (Å²) in [6.45, 7) is 0. The minimum absolute atomic E-state index is 0.552. The van der Waals surface area contributed by atoms with Gasteiger partial charge < -0.3 is 5.73 Å². The van der Waals surface area contributed by atoms with Crippen LogP contribution in [0.4, 0.5) is 5.69 Å². The van der Waals surface area contributed by atoms with Crippen LogP contribution in [-0.4, -0.2) is 4.98 Å². The third kappa shape index (κ3) is 1.81. The Labute approximate surface area is 110 Å². The molecule has 3 aromatic rings. The summed E-state index contributed by atoms with van der Waals surface area (Å²) in [5.41, 5.74) is 8.40.